The highest BCUT2D eigenvalue weighted by molar-refractivity contribution is 5.88. The summed E-state index contributed by atoms with van der Waals surface area (Å²) in [7, 11) is 0. The van der Waals surface area contributed by atoms with Crippen molar-refractivity contribution in [3.05, 3.63) is 72.3 Å². The van der Waals surface area contributed by atoms with E-state index in [0.717, 1.165) is 11.3 Å². The van der Waals surface area contributed by atoms with Crippen LogP contribution in [0.2, 0.25) is 0 Å². The summed E-state index contributed by atoms with van der Waals surface area (Å²) in [6, 6.07) is 14.5. The van der Waals surface area contributed by atoms with Gasteiger partial charge in [0.2, 0.25) is 0 Å². The zero-order chi connectivity index (χ0) is 18.1. The molecule has 0 aromatic heterocycles. The number of nitrogens with one attached hydrogen (secondary N) is 2. The Morgan fingerprint density at radius 1 is 1.24 bits per heavy atom. The third kappa shape index (κ3) is 5.21. The summed E-state index contributed by atoms with van der Waals surface area (Å²) in [5.41, 5.74) is 4.71. The fourth-order valence-corrected chi connectivity index (χ4v) is 2.37. The quantitative estimate of drug-likeness (QED) is 0.392. The minimum atomic E-state index is -0.389. The highest BCUT2D eigenvalue weighted by Gasteiger charge is 2.15. The molecule has 25 heavy (non-hydrogen) atoms. The molecular weight excluding hydrogens is 314 g/mol. The fraction of sp³-hybridized carbons (Fsp3) is 0.200. The molecule has 0 saturated heterocycles. The summed E-state index contributed by atoms with van der Waals surface area (Å²) >= 11 is 0. The van der Waals surface area contributed by atoms with E-state index < -0.39 is 0 Å². The number of anilines is 1. The van der Waals surface area contributed by atoms with Crippen LogP contribution in [0.4, 0.5) is 5.69 Å². The van der Waals surface area contributed by atoms with E-state index in [1.165, 1.54) is 6.21 Å². The molecule has 2 aromatic carbocycles. The molecule has 0 fully saturated rings. The fourth-order valence-electron chi connectivity index (χ4n) is 2.37. The van der Waals surface area contributed by atoms with Gasteiger partial charge in [0, 0.05) is 11.3 Å². The second-order valence-electron chi connectivity index (χ2n) is 5.55. The van der Waals surface area contributed by atoms with Crippen LogP contribution in [0.15, 0.2) is 66.3 Å². The maximum absolute atomic E-state index is 12.3. The van der Waals surface area contributed by atoms with Crippen LogP contribution in [0.3, 0.4) is 0 Å². The molecule has 130 valence electrons. The first-order valence-corrected chi connectivity index (χ1v) is 8.22. The number of carbonyl (C=O) groups excluding carboxylic acids is 1. The van der Waals surface area contributed by atoms with Crippen LogP contribution in [-0.4, -0.2) is 23.3 Å². The van der Waals surface area contributed by atoms with Gasteiger partial charge < -0.3 is 10.4 Å². The molecule has 0 radical (unpaired) electrons. The lowest BCUT2D eigenvalue weighted by atomic mass is 10.1. The Morgan fingerprint density at radius 2 is 2.00 bits per heavy atom. The molecule has 5 heteroatoms. The van der Waals surface area contributed by atoms with Crippen LogP contribution < -0.4 is 10.7 Å². The summed E-state index contributed by atoms with van der Waals surface area (Å²) in [5.74, 6) is -0.0841. The van der Waals surface area contributed by atoms with E-state index in [2.05, 4.69) is 22.4 Å². The number of benzene rings is 2. The zero-order valence-corrected chi connectivity index (χ0v) is 14.3. The summed E-state index contributed by atoms with van der Waals surface area (Å²) < 4.78 is 0. The molecule has 1 unspecified atom stereocenters. The second kappa shape index (κ2) is 9.27. The molecule has 2 aromatic rings. The standard InChI is InChI=1S/C20H23N3O2/c1-3-9-15-10-8-11-16(19(15)24)14-21-23-20(25)18(4-2)22-17-12-6-5-7-13-17/h3,5-8,10-14,18,22,24H,1,4,9H2,2H3,(H,23,25)/b21-14+. The van der Waals surface area contributed by atoms with Crippen molar-refractivity contribution in [3.63, 3.8) is 0 Å². The molecule has 0 heterocycles. The van der Waals surface area contributed by atoms with Gasteiger partial charge in [-0.15, -0.1) is 6.58 Å². The number of nitrogens with zero attached hydrogens (tertiary/aromatic N) is 1. The van der Waals surface area contributed by atoms with E-state index in [4.69, 9.17) is 0 Å². The number of allylic oxidation sites excluding steroid dienone is 1. The topological polar surface area (TPSA) is 73.7 Å². The summed E-state index contributed by atoms with van der Waals surface area (Å²) in [6.45, 7) is 5.59. The van der Waals surface area contributed by atoms with Crippen molar-refractivity contribution >= 4 is 17.8 Å². The van der Waals surface area contributed by atoms with E-state index in [0.29, 0.717) is 18.4 Å². The van der Waals surface area contributed by atoms with Gasteiger partial charge in [-0.2, -0.15) is 5.10 Å². The number of phenols is 1. The van der Waals surface area contributed by atoms with Crippen molar-refractivity contribution in [3.8, 4) is 5.75 Å². The minimum absolute atomic E-state index is 0.148. The van der Waals surface area contributed by atoms with E-state index >= 15 is 0 Å². The molecule has 0 aliphatic heterocycles. The highest BCUT2D eigenvalue weighted by atomic mass is 16.3. The Morgan fingerprint density at radius 3 is 2.68 bits per heavy atom. The number of hydrogen-bond donors (Lipinski definition) is 3. The Kier molecular flexibility index (Phi) is 6.77. The van der Waals surface area contributed by atoms with E-state index in [9.17, 15) is 9.90 Å². The lowest BCUT2D eigenvalue weighted by molar-refractivity contribution is -0.121. The van der Waals surface area contributed by atoms with Gasteiger partial charge in [-0.05, 0) is 36.6 Å². The van der Waals surface area contributed by atoms with Gasteiger partial charge >= 0.3 is 0 Å². The summed E-state index contributed by atoms with van der Waals surface area (Å²) in [4.78, 5) is 12.3. The Balaban J connectivity index is 1.99. The molecule has 0 bridgehead atoms. The number of hydrogen-bond acceptors (Lipinski definition) is 4. The van der Waals surface area contributed by atoms with Crippen LogP contribution in [-0.2, 0) is 11.2 Å². The minimum Gasteiger partial charge on any atom is -0.507 e. The van der Waals surface area contributed by atoms with Crippen molar-refractivity contribution in [2.75, 3.05) is 5.32 Å². The Bertz CT molecular complexity index is 742. The van der Waals surface area contributed by atoms with Gasteiger partial charge in [-0.3, -0.25) is 4.79 Å². The summed E-state index contributed by atoms with van der Waals surface area (Å²) in [6.07, 6.45) is 4.35. The summed E-state index contributed by atoms with van der Waals surface area (Å²) in [5, 5.41) is 17.3. The number of phenolic OH excluding ortho intramolecular Hbond substituents is 1. The molecule has 1 atom stereocenters. The third-order valence-corrected chi connectivity index (χ3v) is 3.73. The maximum Gasteiger partial charge on any atom is 0.262 e. The SMILES string of the molecule is C=CCc1cccc(/C=N/NC(=O)C(CC)Nc2ccccc2)c1O. The molecule has 2 rings (SSSR count). The van der Waals surface area contributed by atoms with Crippen molar-refractivity contribution in [2.45, 2.75) is 25.8 Å². The molecule has 0 saturated carbocycles. The normalized spacial score (nSPS) is 11.9. The smallest absolute Gasteiger partial charge is 0.262 e. The number of rotatable bonds is 8. The Labute approximate surface area is 148 Å². The molecular formula is C20H23N3O2. The molecule has 0 aliphatic carbocycles. The number of aromatic hydroxyl groups is 1. The van der Waals surface area contributed by atoms with E-state index in [1.807, 2.05) is 49.4 Å². The Hall–Kier alpha value is -3.08. The van der Waals surface area contributed by atoms with Crippen LogP contribution in [0, 0.1) is 0 Å². The van der Waals surface area contributed by atoms with E-state index in [-0.39, 0.29) is 17.7 Å². The molecule has 0 aliphatic rings. The van der Waals surface area contributed by atoms with Gasteiger partial charge in [0.1, 0.15) is 11.8 Å². The van der Waals surface area contributed by atoms with Gasteiger partial charge in [0.25, 0.3) is 5.91 Å². The van der Waals surface area contributed by atoms with Gasteiger partial charge in [-0.1, -0.05) is 43.3 Å². The first kappa shape index (κ1) is 18.3. The third-order valence-electron chi connectivity index (χ3n) is 3.73. The van der Waals surface area contributed by atoms with E-state index in [1.54, 1.807) is 12.1 Å². The maximum atomic E-state index is 12.3. The van der Waals surface area contributed by atoms with Crippen LogP contribution >= 0.6 is 0 Å². The number of carbonyl (C=O) groups is 1. The molecule has 1 amide bonds. The van der Waals surface area contributed by atoms with Gasteiger partial charge in [0.15, 0.2) is 0 Å². The number of hydrazone groups is 1. The van der Waals surface area contributed by atoms with Gasteiger partial charge in [-0.25, -0.2) is 5.43 Å². The first-order valence-electron chi connectivity index (χ1n) is 8.22. The monoisotopic (exact) mass is 337 g/mol. The van der Waals surface area contributed by atoms with Crippen molar-refractivity contribution < 1.29 is 9.90 Å². The number of para-hydroxylation sites is 2. The molecule has 3 N–H and O–H groups in total. The lowest BCUT2D eigenvalue weighted by Crippen LogP contribution is -2.36. The zero-order valence-electron chi connectivity index (χ0n) is 14.3. The average Bonchev–Trinajstić information content (AvgIpc) is 2.63. The van der Waals surface area contributed by atoms with Crippen LogP contribution in [0.25, 0.3) is 0 Å². The second-order valence-corrected chi connectivity index (χ2v) is 5.55. The highest BCUT2D eigenvalue weighted by Crippen LogP contribution is 2.21. The molecule has 5 nitrogen and oxygen atoms in total. The van der Waals surface area contributed by atoms with Crippen molar-refractivity contribution in [1.29, 1.82) is 0 Å². The average molecular weight is 337 g/mol. The largest absolute Gasteiger partial charge is 0.507 e. The molecule has 0 spiro atoms. The van der Waals surface area contributed by atoms with Crippen LogP contribution in [0.5, 0.6) is 5.75 Å². The predicted molar refractivity (Wildman–Crippen MR) is 102 cm³/mol. The number of amides is 1. The lowest BCUT2D eigenvalue weighted by Gasteiger charge is -2.16. The first-order chi connectivity index (χ1) is 12.2. The predicted octanol–water partition coefficient (Wildman–Crippen LogP) is 3.46. The van der Waals surface area contributed by atoms with Gasteiger partial charge in [0.05, 0.1) is 6.21 Å². The van der Waals surface area contributed by atoms with Crippen LogP contribution in [0.1, 0.15) is 24.5 Å². The van der Waals surface area contributed by atoms with Crippen molar-refractivity contribution in [2.24, 2.45) is 5.10 Å². The van der Waals surface area contributed by atoms with Crippen molar-refractivity contribution in [1.82, 2.24) is 5.43 Å².